The molecule has 0 aromatic heterocycles. The number of carbonyl (C=O) groups is 1. The van der Waals surface area contributed by atoms with Crippen LogP contribution >= 0.6 is 0 Å². The van der Waals surface area contributed by atoms with Crippen molar-refractivity contribution in [2.24, 2.45) is 5.92 Å². The fourth-order valence-electron chi connectivity index (χ4n) is 1.54. The summed E-state index contributed by atoms with van der Waals surface area (Å²) in [5.41, 5.74) is 0.529. The Morgan fingerprint density at radius 2 is 1.80 bits per heavy atom. The number of hydrogen-bond donors (Lipinski definition) is 0. The highest BCUT2D eigenvalue weighted by Gasteiger charge is 2.12. The van der Waals surface area contributed by atoms with Gasteiger partial charge in [-0.25, -0.2) is 8.78 Å². The number of carbonyl (C=O) groups excluding carboxylic acids is 1. The Bertz CT molecular complexity index is 340. The average Bonchev–Trinajstić information content (AvgIpc) is 2.14. The number of benzene rings is 1. The zero-order chi connectivity index (χ0) is 11.4. The van der Waals surface area contributed by atoms with Crippen molar-refractivity contribution in [2.75, 3.05) is 0 Å². The predicted molar refractivity (Wildman–Crippen MR) is 54.5 cm³/mol. The lowest BCUT2D eigenvalue weighted by Crippen LogP contribution is -2.12. The molecule has 15 heavy (non-hydrogen) atoms. The van der Waals surface area contributed by atoms with E-state index in [0.717, 1.165) is 6.07 Å². The van der Waals surface area contributed by atoms with Gasteiger partial charge in [0.15, 0.2) is 0 Å². The molecule has 1 nitrogen and oxygen atoms in total. The van der Waals surface area contributed by atoms with Gasteiger partial charge in [-0.15, -0.1) is 0 Å². The molecule has 0 aliphatic carbocycles. The number of hydrogen-bond acceptors (Lipinski definition) is 1. The number of ketones is 1. The van der Waals surface area contributed by atoms with Gasteiger partial charge < -0.3 is 0 Å². The largest absolute Gasteiger partial charge is 0.299 e. The second kappa shape index (κ2) is 5.01. The van der Waals surface area contributed by atoms with Crippen LogP contribution in [0.2, 0.25) is 0 Å². The summed E-state index contributed by atoms with van der Waals surface area (Å²) in [5, 5.41) is 0. The first kappa shape index (κ1) is 11.8. The van der Waals surface area contributed by atoms with Crippen molar-refractivity contribution in [3.8, 4) is 0 Å². The fraction of sp³-hybridized carbons (Fsp3) is 0.417. The summed E-state index contributed by atoms with van der Waals surface area (Å²) < 4.78 is 25.7. The van der Waals surface area contributed by atoms with Crippen molar-refractivity contribution in [3.63, 3.8) is 0 Å². The van der Waals surface area contributed by atoms with Crippen molar-refractivity contribution < 1.29 is 13.6 Å². The zero-order valence-corrected chi connectivity index (χ0v) is 8.89. The molecule has 0 N–H and O–H groups in total. The molecule has 0 aliphatic rings. The topological polar surface area (TPSA) is 17.1 Å². The Morgan fingerprint density at radius 3 is 2.27 bits per heavy atom. The summed E-state index contributed by atoms with van der Waals surface area (Å²) in [4.78, 5) is 11.3. The molecule has 0 heterocycles. The first-order valence-electron chi connectivity index (χ1n) is 5.00. The van der Waals surface area contributed by atoms with Crippen LogP contribution in [0.1, 0.15) is 25.8 Å². The van der Waals surface area contributed by atoms with Gasteiger partial charge in [-0.2, -0.15) is 0 Å². The molecule has 82 valence electrons. The molecule has 0 saturated carbocycles. The van der Waals surface area contributed by atoms with Gasteiger partial charge in [0.2, 0.25) is 0 Å². The van der Waals surface area contributed by atoms with E-state index in [-0.39, 0.29) is 11.7 Å². The van der Waals surface area contributed by atoms with E-state index in [0.29, 0.717) is 18.4 Å². The molecule has 0 saturated heterocycles. The summed E-state index contributed by atoms with van der Waals surface area (Å²) in [6.45, 7) is 3.56. The lowest BCUT2D eigenvalue weighted by molar-refractivity contribution is -0.122. The normalized spacial score (nSPS) is 12.5. The van der Waals surface area contributed by atoms with Gasteiger partial charge in [0.05, 0.1) is 0 Å². The molecule has 1 aromatic carbocycles. The molecule has 0 spiro atoms. The van der Waals surface area contributed by atoms with E-state index in [1.165, 1.54) is 12.1 Å². The van der Waals surface area contributed by atoms with Gasteiger partial charge in [-0.1, -0.05) is 13.8 Å². The molecule has 0 aliphatic heterocycles. The highest BCUT2D eigenvalue weighted by Crippen LogP contribution is 2.14. The van der Waals surface area contributed by atoms with Crippen LogP contribution in [0.4, 0.5) is 8.78 Å². The lowest BCUT2D eigenvalue weighted by atomic mass is 9.96. The molecule has 1 rings (SSSR count). The Balaban J connectivity index is 2.76. The second-order valence-electron chi connectivity index (χ2n) is 3.70. The minimum Gasteiger partial charge on any atom is -0.299 e. The van der Waals surface area contributed by atoms with Crippen LogP contribution in [0.3, 0.4) is 0 Å². The van der Waals surface area contributed by atoms with Crippen molar-refractivity contribution >= 4 is 5.78 Å². The molecule has 1 atom stereocenters. The standard InChI is InChI=1S/C12H14F2O/c1-3-12(15)8(2)4-9-5-10(13)7-11(14)6-9/h5-8H,3-4H2,1-2H3. The molecule has 0 radical (unpaired) electrons. The van der Waals surface area contributed by atoms with Crippen LogP contribution in [-0.4, -0.2) is 5.78 Å². The van der Waals surface area contributed by atoms with Crippen LogP contribution in [0.15, 0.2) is 18.2 Å². The second-order valence-corrected chi connectivity index (χ2v) is 3.70. The van der Waals surface area contributed by atoms with E-state index in [1.54, 1.807) is 13.8 Å². The first-order chi connectivity index (χ1) is 7.02. The van der Waals surface area contributed by atoms with Gasteiger partial charge in [0, 0.05) is 18.4 Å². The van der Waals surface area contributed by atoms with Gasteiger partial charge in [-0.05, 0) is 24.1 Å². The van der Waals surface area contributed by atoms with E-state index in [2.05, 4.69) is 0 Å². The summed E-state index contributed by atoms with van der Waals surface area (Å²) >= 11 is 0. The highest BCUT2D eigenvalue weighted by molar-refractivity contribution is 5.80. The monoisotopic (exact) mass is 212 g/mol. The third-order valence-corrected chi connectivity index (χ3v) is 2.36. The van der Waals surface area contributed by atoms with Crippen molar-refractivity contribution in [2.45, 2.75) is 26.7 Å². The maximum atomic E-state index is 12.8. The molecule has 1 aromatic rings. The third kappa shape index (κ3) is 3.42. The van der Waals surface area contributed by atoms with Crippen LogP contribution in [0, 0.1) is 17.6 Å². The maximum Gasteiger partial charge on any atom is 0.135 e. The van der Waals surface area contributed by atoms with Crippen LogP contribution < -0.4 is 0 Å². The SMILES string of the molecule is CCC(=O)C(C)Cc1cc(F)cc(F)c1. The third-order valence-electron chi connectivity index (χ3n) is 2.36. The molecule has 1 unspecified atom stereocenters. The van der Waals surface area contributed by atoms with E-state index in [4.69, 9.17) is 0 Å². The molecule has 0 fully saturated rings. The summed E-state index contributed by atoms with van der Waals surface area (Å²) in [6, 6.07) is 3.36. The molecule has 0 bridgehead atoms. The number of halogens is 2. The smallest absolute Gasteiger partial charge is 0.135 e. The summed E-state index contributed by atoms with van der Waals surface area (Å²) in [6.07, 6.45) is 0.848. The fourth-order valence-corrected chi connectivity index (χ4v) is 1.54. The quantitative estimate of drug-likeness (QED) is 0.749. The highest BCUT2D eigenvalue weighted by atomic mass is 19.1. The van der Waals surface area contributed by atoms with Crippen LogP contribution in [0.5, 0.6) is 0 Å². The van der Waals surface area contributed by atoms with E-state index < -0.39 is 11.6 Å². The molecular formula is C12H14F2O. The van der Waals surface area contributed by atoms with Gasteiger partial charge in [-0.3, -0.25) is 4.79 Å². The Hall–Kier alpha value is -1.25. The van der Waals surface area contributed by atoms with E-state index >= 15 is 0 Å². The minimum absolute atomic E-state index is 0.111. The van der Waals surface area contributed by atoms with Crippen molar-refractivity contribution in [1.29, 1.82) is 0 Å². The van der Waals surface area contributed by atoms with E-state index in [9.17, 15) is 13.6 Å². The maximum absolute atomic E-state index is 12.8. The molecule has 0 amide bonds. The average molecular weight is 212 g/mol. The first-order valence-corrected chi connectivity index (χ1v) is 5.00. The van der Waals surface area contributed by atoms with Crippen LogP contribution in [0.25, 0.3) is 0 Å². The van der Waals surface area contributed by atoms with Crippen molar-refractivity contribution in [1.82, 2.24) is 0 Å². The molecule has 3 heteroatoms. The van der Waals surface area contributed by atoms with E-state index in [1.807, 2.05) is 0 Å². The lowest BCUT2D eigenvalue weighted by Gasteiger charge is -2.09. The summed E-state index contributed by atoms with van der Waals surface area (Å²) in [7, 11) is 0. The predicted octanol–water partition coefficient (Wildman–Crippen LogP) is 3.12. The number of Topliss-reactive ketones (excluding diaryl/α,β-unsaturated/α-hetero) is 1. The van der Waals surface area contributed by atoms with Gasteiger partial charge in [0.25, 0.3) is 0 Å². The van der Waals surface area contributed by atoms with Crippen molar-refractivity contribution in [3.05, 3.63) is 35.4 Å². The van der Waals surface area contributed by atoms with Crippen LogP contribution in [-0.2, 0) is 11.2 Å². The molecular weight excluding hydrogens is 198 g/mol. The summed E-state index contributed by atoms with van der Waals surface area (Å²) in [5.74, 6) is -1.27. The Labute approximate surface area is 88.1 Å². The minimum atomic E-state index is -0.596. The zero-order valence-electron chi connectivity index (χ0n) is 8.89. The van der Waals surface area contributed by atoms with Gasteiger partial charge in [0.1, 0.15) is 17.4 Å². The Morgan fingerprint density at radius 1 is 1.27 bits per heavy atom. The van der Waals surface area contributed by atoms with Gasteiger partial charge >= 0.3 is 0 Å². The number of rotatable bonds is 4. The Kier molecular flexibility index (Phi) is 3.95.